The summed E-state index contributed by atoms with van der Waals surface area (Å²) in [6, 6.07) is 8.43. The van der Waals surface area contributed by atoms with Crippen LogP contribution in [0.25, 0.3) is 0 Å². The smallest absolute Gasteiger partial charge is 0.119 e. The van der Waals surface area contributed by atoms with Gasteiger partial charge in [-0.25, -0.2) is 0 Å². The minimum absolute atomic E-state index is 0.182. The topological polar surface area (TPSA) is 32.7 Å². The summed E-state index contributed by atoms with van der Waals surface area (Å²) in [6.07, 6.45) is 2.31. The highest BCUT2D eigenvalue weighted by Crippen LogP contribution is 2.27. The first-order chi connectivity index (χ1) is 8.56. The maximum Gasteiger partial charge on any atom is 0.119 e. The van der Waals surface area contributed by atoms with Crippen molar-refractivity contribution in [2.75, 3.05) is 13.6 Å². The lowest BCUT2D eigenvalue weighted by Crippen LogP contribution is -2.26. The van der Waals surface area contributed by atoms with E-state index in [0.29, 0.717) is 12.6 Å². The number of benzene rings is 1. The number of likely N-dealkylation sites (N-methyl/N-ethyl adjacent to an activating group) is 1. The summed E-state index contributed by atoms with van der Waals surface area (Å²) in [5.74, 6) is 0.858. The normalized spacial score (nSPS) is 17.2. The third-order valence-electron chi connectivity index (χ3n) is 3.27. The summed E-state index contributed by atoms with van der Waals surface area (Å²) in [5.41, 5.74) is 0.957. The van der Waals surface area contributed by atoms with Crippen molar-refractivity contribution in [1.82, 2.24) is 4.90 Å². The van der Waals surface area contributed by atoms with E-state index < -0.39 is 6.10 Å². The Bertz CT molecular complexity index is 371. The average Bonchev–Trinajstić information content (AvgIpc) is 3.12. The highest BCUT2D eigenvalue weighted by molar-refractivity contribution is 5.28. The van der Waals surface area contributed by atoms with Crippen molar-refractivity contribution in [3.8, 4) is 5.75 Å². The van der Waals surface area contributed by atoms with Crippen LogP contribution in [-0.4, -0.2) is 35.7 Å². The fourth-order valence-electron chi connectivity index (χ4n) is 2.08. The standard InChI is InChI=1S/C15H23NO2/c1-11(2)18-14-8-4-12(5-9-14)15(17)10-16(3)13-6-7-13/h4-5,8-9,11,13,15,17H,6-7,10H2,1-3H3. The fraction of sp³-hybridized carbons (Fsp3) is 0.600. The minimum atomic E-state index is -0.413. The van der Waals surface area contributed by atoms with Gasteiger partial charge < -0.3 is 14.7 Å². The molecule has 1 N–H and O–H groups in total. The number of hydrogen-bond donors (Lipinski definition) is 1. The lowest BCUT2D eigenvalue weighted by Gasteiger charge is -2.20. The second-order valence-electron chi connectivity index (χ2n) is 5.42. The zero-order valence-corrected chi connectivity index (χ0v) is 11.5. The fourth-order valence-corrected chi connectivity index (χ4v) is 2.08. The molecule has 18 heavy (non-hydrogen) atoms. The Morgan fingerprint density at radius 1 is 1.28 bits per heavy atom. The Hall–Kier alpha value is -1.06. The van der Waals surface area contributed by atoms with Crippen molar-refractivity contribution in [3.63, 3.8) is 0 Å². The van der Waals surface area contributed by atoms with Crippen LogP contribution in [0, 0.1) is 0 Å². The van der Waals surface area contributed by atoms with Crippen LogP contribution >= 0.6 is 0 Å². The molecule has 2 rings (SSSR count). The second-order valence-corrected chi connectivity index (χ2v) is 5.42. The monoisotopic (exact) mass is 249 g/mol. The summed E-state index contributed by atoms with van der Waals surface area (Å²) < 4.78 is 5.59. The number of hydrogen-bond acceptors (Lipinski definition) is 3. The molecule has 0 bridgehead atoms. The first-order valence-corrected chi connectivity index (χ1v) is 6.71. The van der Waals surface area contributed by atoms with Crippen LogP contribution < -0.4 is 4.74 Å². The average molecular weight is 249 g/mol. The van der Waals surface area contributed by atoms with E-state index in [-0.39, 0.29) is 6.10 Å². The van der Waals surface area contributed by atoms with Gasteiger partial charge in [0.2, 0.25) is 0 Å². The van der Waals surface area contributed by atoms with E-state index in [9.17, 15) is 5.11 Å². The maximum absolute atomic E-state index is 10.2. The highest BCUT2D eigenvalue weighted by atomic mass is 16.5. The molecule has 1 unspecified atom stereocenters. The molecule has 1 saturated carbocycles. The first kappa shape index (κ1) is 13.4. The summed E-state index contributed by atoms with van der Waals surface area (Å²) in [6.45, 7) is 4.72. The van der Waals surface area contributed by atoms with Gasteiger partial charge in [-0.2, -0.15) is 0 Å². The SMILES string of the molecule is CC(C)Oc1ccc(C(O)CN(C)C2CC2)cc1. The summed E-state index contributed by atoms with van der Waals surface area (Å²) in [7, 11) is 2.08. The lowest BCUT2D eigenvalue weighted by atomic mass is 10.1. The number of aliphatic hydroxyl groups excluding tert-OH is 1. The Balaban J connectivity index is 1.91. The quantitative estimate of drug-likeness (QED) is 0.841. The largest absolute Gasteiger partial charge is 0.491 e. The molecule has 0 aromatic heterocycles. The van der Waals surface area contributed by atoms with E-state index in [1.54, 1.807) is 0 Å². The van der Waals surface area contributed by atoms with Gasteiger partial charge in [0.05, 0.1) is 12.2 Å². The van der Waals surface area contributed by atoms with E-state index >= 15 is 0 Å². The van der Waals surface area contributed by atoms with Crippen molar-refractivity contribution >= 4 is 0 Å². The van der Waals surface area contributed by atoms with Gasteiger partial charge in [0.1, 0.15) is 5.75 Å². The lowest BCUT2D eigenvalue weighted by molar-refractivity contribution is 0.123. The second kappa shape index (κ2) is 5.72. The predicted octanol–water partition coefficient (Wildman–Crippen LogP) is 2.60. The molecule has 1 fully saturated rings. The number of nitrogens with zero attached hydrogens (tertiary/aromatic N) is 1. The molecule has 0 heterocycles. The first-order valence-electron chi connectivity index (χ1n) is 6.71. The van der Waals surface area contributed by atoms with E-state index in [1.807, 2.05) is 38.1 Å². The van der Waals surface area contributed by atoms with Crippen molar-refractivity contribution in [3.05, 3.63) is 29.8 Å². The molecule has 1 aliphatic rings. The summed E-state index contributed by atoms with van der Waals surface area (Å²) >= 11 is 0. The van der Waals surface area contributed by atoms with E-state index in [0.717, 1.165) is 11.3 Å². The van der Waals surface area contributed by atoms with Crippen LogP contribution in [0.3, 0.4) is 0 Å². The van der Waals surface area contributed by atoms with E-state index in [1.165, 1.54) is 12.8 Å². The van der Waals surface area contributed by atoms with Crippen molar-refractivity contribution in [2.45, 2.75) is 44.9 Å². The minimum Gasteiger partial charge on any atom is -0.491 e. The molecule has 0 spiro atoms. The van der Waals surface area contributed by atoms with Crippen LogP contribution in [-0.2, 0) is 0 Å². The predicted molar refractivity (Wildman–Crippen MR) is 72.8 cm³/mol. The van der Waals surface area contributed by atoms with Gasteiger partial charge in [-0.1, -0.05) is 12.1 Å². The van der Waals surface area contributed by atoms with Gasteiger partial charge >= 0.3 is 0 Å². The van der Waals surface area contributed by atoms with Crippen LogP contribution in [0.1, 0.15) is 38.4 Å². The Labute approximate surface area is 109 Å². The van der Waals surface area contributed by atoms with Gasteiger partial charge in [0.25, 0.3) is 0 Å². The number of aliphatic hydroxyl groups is 1. The Morgan fingerprint density at radius 3 is 2.39 bits per heavy atom. The summed E-state index contributed by atoms with van der Waals surface area (Å²) in [5, 5.41) is 10.2. The van der Waals surface area contributed by atoms with Crippen molar-refractivity contribution in [1.29, 1.82) is 0 Å². The van der Waals surface area contributed by atoms with Gasteiger partial charge in [-0.3, -0.25) is 0 Å². The molecule has 1 aliphatic carbocycles. The molecule has 0 amide bonds. The molecular weight excluding hydrogens is 226 g/mol. The molecule has 1 aromatic rings. The van der Waals surface area contributed by atoms with Gasteiger partial charge in [0, 0.05) is 12.6 Å². The molecule has 0 saturated heterocycles. The van der Waals surface area contributed by atoms with E-state index in [4.69, 9.17) is 4.74 Å². The van der Waals surface area contributed by atoms with Crippen LogP contribution in [0.2, 0.25) is 0 Å². The molecule has 3 nitrogen and oxygen atoms in total. The zero-order chi connectivity index (χ0) is 13.1. The zero-order valence-electron chi connectivity index (χ0n) is 11.5. The highest BCUT2D eigenvalue weighted by Gasteiger charge is 2.27. The molecule has 0 aliphatic heterocycles. The van der Waals surface area contributed by atoms with Gasteiger partial charge in [0.15, 0.2) is 0 Å². The Kier molecular flexibility index (Phi) is 4.25. The third-order valence-corrected chi connectivity index (χ3v) is 3.27. The number of ether oxygens (including phenoxy) is 1. The Morgan fingerprint density at radius 2 is 1.89 bits per heavy atom. The van der Waals surface area contributed by atoms with Gasteiger partial charge in [-0.15, -0.1) is 0 Å². The van der Waals surface area contributed by atoms with E-state index in [2.05, 4.69) is 11.9 Å². The molecular formula is C15H23NO2. The van der Waals surface area contributed by atoms with Crippen molar-refractivity contribution in [2.24, 2.45) is 0 Å². The van der Waals surface area contributed by atoms with Crippen LogP contribution in [0.15, 0.2) is 24.3 Å². The van der Waals surface area contributed by atoms with Crippen LogP contribution in [0.4, 0.5) is 0 Å². The van der Waals surface area contributed by atoms with Gasteiger partial charge in [-0.05, 0) is 51.4 Å². The maximum atomic E-state index is 10.2. The number of rotatable bonds is 6. The summed E-state index contributed by atoms with van der Waals surface area (Å²) in [4.78, 5) is 2.24. The third kappa shape index (κ3) is 3.72. The molecule has 3 heteroatoms. The molecule has 1 atom stereocenters. The van der Waals surface area contributed by atoms with Crippen LogP contribution in [0.5, 0.6) is 5.75 Å². The molecule has 100 valence electrons. The molecule has 1 aromatic carbocycles. The molecule has 0 radical (unpaired) electrons. The van der Waals surface area contributed by atoms with Crippen molar-refractivity contribution < 1.29 is 9.84 Å².